The standard InChI is InChI=1S/C13H21BrN2O2S/c1-10-8-12(14)13(9-11(10)2)19(17,18)15-6-5-7-16(3)4/h8-9,15H,5-7H2,1-4H3. The van der Waals surface area contributed by atoms with Crippen LogP contribution < -0.4 is 4.72 Å². The maximum Gasteiger partial charge on any atom is 0.241 e. The van der Waals surface area contributed by atoms with Gasteiger partial charge in [0.25, 0.3) is 0 Å². The molecular formula is C13H21BrN2O2S. The van der Waals surface area contributed by atoms with E-state index in [9.17, 15) is 8.42 Å². The van der Waals surface area contributed by atoms with Gasteiger partial charge in [-0.25, -0.2) is 13.1 Å². The Bertz CT molecular complexity index is 542. The molecule has 1 aromatic carbocycles. The fraction of sp³-hybridized carbons (Fsp3) is 0.538. The first kappa shape index (κ1) is 16.6. The predicted molar refractivity (Wildman–Crippen MR) is 82.0 cm³/mol. The van der Waals surface area contributed by atoms with Crippen molar-refractivity contribution in [1.82, 2.24) is 9.62 Å². The summed E-state index contributed by atoms with van der Waals surface area (Å²) >= 11 is 3.32. The van der Waals surface area contributed by atoms with Crippen molar-refractivity contribution in [2.24, 2.45) is 0 Å². The summed E-state index contributed by atoms with van der Waals surface area (Å²) in [5.74, 6) is 0. The summed E-state index contributed by atoms with van der Waals surface area (Å²) in [6, 6.07) is 3.54. The quantitative estimate of drug-likeness (QED) is 0.802. The lowest BCUT2D eigenvalue weighted by Crippen LogP contribution is -2.27. The van der Waals surface area contributed by atoms with E-state index in [1.165, 1.54) is 0 Å². The van der Waals surface area contributed by atoms with E-state index in [0.29, 0.717) is 15.9 Å². The van der Waals surface area contributed by atoms with Gasteiger partial charge >= 0.3 is 0 Å². The van der Waals surface area contributed by atoms with Crippen molar-refractivity contribution in [1.29, 1.82) is 0 Å². The van der Waals surface area contributed by atoms with Gasteiger partial charge in [-0.2, -0.15) is 0 Å². The topological polar surface area (TPSA) is 49.4 Å². The van der Waals surface area contributed by atoms with E-state index in [1.807, 2.05) is 38.9 Å². The second kappa shape index (κ2) is 6.83. The molecule has 19 heavy (non-hydrogen) atoms. The Morgan fingerprint density at radius 2 is 1.79 bits per heavy atom. The molecule has 1 rings (SSSR count). The van der Waals surface area contributed by atoms with E-state index in [-0.39, 0.29) is 0 Å². The van der Waals surface area contributed by atoms with Crippen LogP contribution in [0.4, 0.5) is 0 Å². The summed E-state index contributed by atoms with van der Waals surface area (Å²) in [5.41, 5.74) is 2.04. The minimum absolute atomic E-state index is 0.306. The van der Waals surface area contributed by atoms with Crippen molar-refractivity contribution in [3.63, 3.8) is 0 Å². The van der Waals surface area contributed by atoms with Crippen molar-refractivity contribution in [2.75, 3.05) is 27.2 Å². The minimum Gasteiger partial charge on any atom is -0.309 e. The number of halogens is 1. The number of hydrogen-bond donors (Lipinski definition) is 1. The maximum atomic E-state index is 12.2. The molecule has 0 fully saturated rings. The molecule has 0 saturated heterocycles. The van der Waals surface area contributed by atoms with Gasteiger partial charge in [0, 0.05) is 11.0 Å². The molecule has 0 saturated carbocycles. The molecule has 1 aromatic rings. The van der Waals surface area contributed by atoms with Crippen LogP contribution in [0.2, 0.25) is 0 Å². The van der Waals surface area contributed by atoms with Gasteiger partial charge in [-0.15, -0.1) is 0 Å². The van der Waals surface area contributed by atoms with Crippen molar-refractivity contribution < 1.29 is 8.42 Å². The average Bonchev–Trinajstić information content (AvgIpc) is 2.29. The van der Waals surface area contributed by atoms with Gasteiger partial charge in [-0.05, 0) is 80.1 Å². The highest BCUT2D eigenvalue weighted by molar-refractivity contribution is 9.10. The molecule has 0 aliphatic carbocycles. The van der Waals surface area contributed by atoms with Gasteiger partial charge in [0.05, 0.1) is 4.90 Å². The Kier molecular flexibility index (Phi) is 5.98. The molecule has 4 nitrogen and oxygen atoms in total. The van der Waals surface area contributed by atoms with Gasteiger partial charge < -0.3 is 4.90 Å². The number of nitrogens with zero attached hydrogens (tertiary/aromatic N) is 1. The number of hydrogen-bond acceptors (Lipinski definition) is 3. The molecule has 108 valence electrons. The zero-order valence-electron chi connectivity index (χ0n) is 11.8. The lowest BCUT2D eigenvalue weighted by molar-refractivity contribution is 0.400. The maximum absolute atomic E-state index is 12.2. The van der Waals surface area contributed by atoms with Gasteiger partial charge in [0.2, 0.25) is 10.0 Å². The molecule has 0 unspecified atom stereocenters. The molecular weight excluding hydrogens is 328 g/mol. The highest BCUT2D eigenvalue weighted by Gasteiger charge is 2.18. The van der Waals surface area contributed by atoms with Gasteiger partial charge in [-0.3, -0.25) is 0 Å². The van der Waals surface area contributed by atoms with Crippen LogP contribution in [0.25, 0.3) is 0 Å². The summed E-state index contributed by atoms with van der Waals surface area (Å²) < 4.78 is 27.7. The Labute approximate surface area is 124 Å². The molecule has 1 N–H and O–H groups in total. The Morgan fingerprint density at radius 1 is 1.21 bits per heavy atom. The van der Waals surface area contributed by atoms with Crippen molar-refractivity contribution in [2.45, 2.75) is 25.2 Å². The van der Waals surface area contributed by atoms with E-state index in [2.05, 4.69) is 20.7 Å². The second-order valence-corrected chi connectivity index (χ2v) is 7.51. The van der Waals surface area contributed by atoms with Crippen LogP contribution in [0.15, 0.2) is 21.5 Å². The molecule has 0 heterocycles. The zero-order chi connectivity index (χ0) is 14.6. The highest BCUT2D eigenvalue weighted by Crippen LogP contribution is 2.25. The van der Waals surface area contributed by atoms with Gasteiger partial charge in [0.15, 0.2) is 0 Å². The lowest BCUT2D eigenvalue weighted by Gasteiger charge is -2.12. The first-order chi connectivity index (χ1) is 8.74. The summed E-state index contributed by atoms with van der Waals surface area (Å²) in [6.07, 6.45) is 0.786. The minimum atomic E-state index is -3.44. The van der Waals surface area contributed by atoms with E-state index in [4.69, 9.17) is 0 Å². The van der Waals surface area contributed by atoms with Crippen LogP contribution in [0.3, 0.4) is 0 Å². The van der Waals surface area contributed by atoms with E-state index < -0.39 is 10.0 Å². The summed E-state index contributed by atoms with van der Waals surface area (Å²) in [5, 5.41) is 0. The average molecular weight is 349 g/mol. The van der Waals surface area contributed by atoms with E-state index in [1.54, 1.807) is 6.07 Å². The number of benzene rings is 1. The van der Waals surface area contributed by atoms with Crippen LogP contribution in [0.5, 0.6) is 0 Å². The van der Waals surface area contributed by atoms with Crippen LogP contribution in [-0.2, 0) is 10.0 Å². The van der Waals surface area contributed by atoms with Crippen molar-refractivity contribution in [3.8, 4) is 0 Å². The van der Waals surface area contributed by atoms with Crippen molar-refractivity contribution in [3.05, 3.63) is 27.7 Å². The number of nitrogens with one attached hydrogen (secondary N) is 1. The van der Waals surface area contributed by atoms with Crippen molar-refractivity contribution >= 4 is 26.0 Å². The smallest absolute Gasteiger partial charge is 0.241 e. The molecule has 0 spiro atoms. The largest absolute Gasteiger partial charge is 0.309 e. The fourth-order valence-electron chi connectivity index (χ4n) is 1.64. The molecule has 0 atom stereocenters. The monoisotopic (exact) mass is 348 g/mol. The normalized spacial score (nSPS) is 12.1. The molecule has 0 radical (unpaired) electrons. The van der Waals surface area contributed by atoms with Crippen LogP contribution in [0, 0.1) is 13.8 Å². The third kappa shape index (κ3) is 4.87. The molecule has 6 heteroatoms. The number of rotatable bonds is 6. The molecule has 0 aromatic heterocycles. The molecule has 0 aliphatic rings. The Balaban J connectivity index is 2.80. The number of sulfonamides is 1. The van der Waals surface area contributed by atoms with Gasteiger partial charge in [0.1, 0.15) is 0 Å². The van der Waals surface area contributed by atoms with Crippen LogP contribution in [0.1, 0.15) is 17.5 Å². The summed E-state index contributed by atoms with van der Waals surface area (Å²) in [7, 11) is 0.490. The van der Waals surface area contributed by atoms with E-state index >= 15 is 0 Å². The second-order valence-electron chi connectivity index (χ2n) is 4.92. The third-order valence-corrected chi connectivity index (χ3v) is 5.33. The molecule has 0 aliphatic heterocycles. The zero-order valence-corrected chi connectivity index (χ0v) is 14.2. The molecule has 0 bridgehead atoms. The first-order valence-electron chi connectivity index (χ1n) is 6.15. The first-order valence-corrected chi connectivity index (χ1v) is 8.43. The van der Waals surface area contributed by atoms with Crippen LogP contribution >= 0.6 is 15.9 Å². The molecule has 0 amide bonds. The highest BCUT2D eigenvalue weighted by atomic mass is 79.9. The lowest BCUT2D eigenvalue weighted by atomic mass is 10.1. The van der Waals surface area contributed by atoms with E-state index in [0.717, 1.165) is 24.1 Å². The predicted octanol–water partition coefficient (Wildman–Crippen LogP) is 2.30. The third-order valence-electron chi connectivity index (χ3n) is 2.91. The fourth-order valence-corrected chi connectivity index (χ4v) is 3.95. The Morgan fingerprint density at radius 3 is 2.37 bits per heavy atom. The summed E-state index contributed by atoms with van der Waals surface area (Å²) in [6.45, 7) is 5.17. The summed E-state index contributed by atoms with van der Waals surface area (Å²) in [4.78, 5) is 2.33. The van der Waals surface area contributed by atoms with Gasteiger partial charge in [-0.1, -0.05) is 0 Å². The van der Waals surface area contributed by atoms with Crippen LogP contribution in [-0.4, -0.2) is 40.5 Å². The number of aryl methyl sites for hydroxylation is 2. The Hall–Kier alpha value is -0.430. The SMILES string of the molecule is Cc1cc(Br)c(S(=O)(=O)NCCCN(C)C)cc1C.